The molecule has 0 aliphatic rings. The zero-order valence-corrected chi connectivity index (χ0v) is 13.1. The third kappa shape index (κ3) is 4.07. The molecule has 0 spiro atoms. The first-order chi connectivity index (χ1) is 10.1. The van der Waals surface area contributed by atoms with Crippen LogP contribution in [0.4, 0.5) is 11.4 Å². The van der Waals surface area contributed by atoms with Gasteiger partial charge in [-0.25, -0.2) is 0 Å². The maximum atomic E-state index is 11.9. The van der Waals surface area contributed by atoms with Gasteiger partial charge in [-0.15, -0.1) is 0 Å². The summed E-state index contributed by atoms with van der Waals surface area (Å²) >= 11 is 3.34. The Hall–Kier alpha value is -2.32. The second kappa shape index (κ2) is 6.91. The van der Waals surface area contributed by atoms with Gasteiger partial charge in [0.2, 0.25) is 5.91 Å². The minimum atomic E-state index is -0.164. The van der Waals surface area contributed by atoms with Gasteiger partial charge in [-0.1, -0.05) is 28.1 Å². The summed E-state index contributed by atoms with van der Waals surface area (Å²) in [6.45, 7) is 1.97. The van der Waals surface area contributed by atoms with Crippen LogP contribution in [0.2, 0.25) is 0 Å². The molecular formula is C16H14BrN3O. The molecular weight excluding hydrogens is 330 g/mol. The number of hydrogen-bond acceptors (Lipinski definition) is 3. The van der Waals surface area contributed by atoms with Gasteiger partial charge in [-0.2, -0.15) is 5.26 Å². The maximum Gasteiger partial charge on any atom is 0.243 e. The number of amides is 1. The maximum absolute atomic E-state index is 11.9. The topological polar surface area (TPSA) is 64.9 Å². The van der Waals surface area contributed by atoms with Gasteiger partial charge in [0.25, 0.3) is 0 Å². The summed E-state index contributed by atoms with van der Waals surface area (Å²) in [5.41, 5.74) is 2.85. The highest BCUT2D eigenvalue weighted by molar-refractivity contribution is 9.10. The predicted octanol–water partition coefficient (Wildman–Crippen LogP) is 3.68. The molecule has 0 bridgehead atoms. The molecule has 0 fully saturated rings. The summed E-state index contributed by atoms with van der Waals surface area (Å²) in [7, 11) is 0. The quantitative estimate of drug-likeness (QED) is 0.889. The number of aryl methyl sites for hydroxylation is 1. The lowest BCUT2D eigenvalue weighted by Gasteiger charge is -2.10. The summed E-state index contributed by atoms with van der Waals surface area (Å²) in [5.74, 6) is -0.164. The molecule has 0 saturated carbocycles. The van der Waals surface area contributed by atoms with E-state index in [2.05, 4.69) is 32.6 Å². The number of nitrogens with zero attached hydrogens (tertiary/aromatic N) is 1. The van der Waals surface area contributed by atoms with Crippen LogP contribution in [0.5, 0.6) is 0 Å². The molecule has 106 valence electrons. The molecule has 0 aromatic heterocycles. The van der Waals surface area contributed by atoms with Crippen molar-refractivity contribution in [2.75, 3.05) is 17.2 Å². The van der Waals surface area contributed by atoms with Crippen LogP contribution in [-0.4, -0.2) is 12.5 Å². The van der Waals surface area contributed by atoms with E-state index in [0.29, 0.717) is 11.3 Å². The summed E-state index contributed by atoms with van der Waals surface area (Å²) in [5, 5.41) is 14.9. The fraction of sp³-hybridized carbons (Fsp3) is 0.125. The van der Waals surface area contributed by atoms with Crippen molar-refractivity contribution in [2.24, 2.45) is 0 Å². The highest BCUT2D eigenvalue weighted by Crippen LogP contribution is 2.18. The molecule has 0 saturated heterocycles. The zero-order valence-electron chi connectivity index (χ0n) is 11.5. The average Bonchev–Trinajstić information content (AvgIpc) is 2.47. The smallest absolute Gasteiger partial charge is 0.243 e. The lowest BCUT2D eigenvalue weighted by Crippen LogP contribution is -2.22. The first-order valence-corrected chi connectivity index (χ1v) is 7.18. The number of anilines is 2. The van der Waals surface area contributed by atoms with Crippen LogP contribution in [0.25, 0.3) is 0 Å². The molecule has 21 heavy (non-hydrogen) atoms. The summed E-state index contributed by atoms with van der Waals surface area (Å²) in [6.07, 6.45) is 0. The van der Waals surface area contributed by atoms with Crippen LogP contribution in [-0.2, 0) is 4.79 Å². The highest BCUT2D eigenvalue weighted by atomic mass is 79.9. The first-order valence-electron chi connectivity index (χ1n) is 6.39. The van der Waals surface area contributed by atoms with Gasteiger partial charge in [0.05, 0.1) is 17.8 Å². The zero-order chi connectivity index (χ0) is 15.2. The highest BCUT2D eigenvalue weighted by Gasteiger charge is 2.07. The van der Waals surface area contributed by atoms with Crippen LogP contribution in [0.3, 0.4) is 0 Å². The number of hydrogen-bond donors (Lipinski definition) is 2. The molecule has 0 atom stereocenters. The second-order valence-corrected chi connectivity index (χ2v) is 5.43. The molecule has 0 heterocycles. The molecule has 0 unspecified atom stereocenters. The summed E-state index contributed by atoms with van der Waals surface area (Å²) < 4.78 is 0.956. The van der Waals surface area contributed by atoms with E-state index in [1.165, 1.54) is 0 Å². The number of benzene rings is 2. The van der Waals surface area contributed by atoms with Crippen molar-refractivity contribution >= 4 is 33.2 Å². The van der Waals surface area contributed by atoms with Gasteiger partial charge in [0.15, 0.2) is 0 Å². The van der Waals surface area contributed by atoms with Crippen LogP contribution in [0.15, 0.2) is 46.9 Å². The Morgan fingerprint density at radius 1 is 1.24 bits per heavy atom. The molecule has 2 aromatic carbocycles. The van der Waals surface area contributed by atoms with Crippen molar-refractivity contribution in [3.63, 3.8) is 0 Å². The van der Waals surface area contributed by atoms with E-state index in [1.54, 1.807) is 6.07 Å². The standard InChI is InChI=1S/C16H14BrN3O/c1-11-3-2-4-15(14(11)9-18)19-10-16(21)20-13-7-5-12(17)6-8-13/h2-8,19H,10H2,1H3,(H,20,21). The minimum absolute atomic E-state index is 0.105. The number of nitriles is 1. The van der Waals surface area contributed by atoms with E-state index in [1.807, 2.05) is 43.3 Å². The van der Waals surface area contributed by atoms with Gasteiger partial charge in [0.1, 0.15) is 6.07 Å². The molecule has 0 aliphatic carbocycles. The number of carbonyl (C=O) groups is 1. The Bertz CT molecular complexity index is 690. The molecule has 5 heteroatoms. The second-order valence-electron chi connectivity index (χ2n) is 4.52. The molecule has 1 amide bonds. The van der Waals surface area contributed by atoms with E-state index in [9.17, 15) is 4.79 Å². The van der Waals surface area contributed by atoms with Crippen molar-refractivity contribution in [3.8, 4) is 6.07 Å². The average molecular weight is 344 g/mol. The van der Waals surface area contributed by atoms with E-state index < -0.39 is 0 Å². The van der Waals surface area contributed by atoms with Crippen molar-refractivity contribution in [1.82, 2.24) is 0 Å². The van der Waals surface area contributed by atoms with Gasteiger partial charge in [0, 0.05) is 10.2 Å². The molecule has 2 rings (SSSR count). The van der Waals surface area contributed by atoms with Crippen LogP contribution in [0.1, 0.15) is 11.1 Å². The van der Waals surface area contributed by atoms with E-state index in [4.69, 9.17) is 5.26 Å². The van der Waals surface area contributed by atoms with Crippen molar-refractivity contribution < 1.29 is 4.79 Å². The Labute approximate surface area is 131 Å². The Kier molecular flexibility index (Phi) is 4.96. The molecule has 2 N–H and O–H groups in total. The fourth-order valence-corrected chi connectivity index (χ4v) is 2.14. The van der Waals surface area contributed by atoms with Gasteiger partial charge in [-0.3, -0.25) is 4.79 Å². The van der Waals surface area contributed by atoms with Crippen molar-refractivity contribution in [1.29, 1.82) is 5.26 Å². The summed E-state index contributed by atoms with van der Waals surface area (Å²) in [4.78, 5) is 11.9. The normalized spacial score (nSPS) is 9.76. The van der Waals surface area contributed by atoms with Crippen molar-refractivity contribution in [3.05, 3.63) is 58.1 Å². The van der Waals surface area contributed by atoms with Gasteiger partial charge < -0.3 is 10.6 Å². The van der Waals surface area contributed by atoms with Crippen molar-refractivity contribution in [2.45, 2.75) is 6.92 Å². The Balaban J connectivity index is 1.97. The number of carbonyl (C=O) groups excluding carboxylic acids is 1. The molecule has 0 radical (unpaired) electrons. The molecule has 2 aromatic rings. The Morgan fingerprint density at radius 3 is 2.62 bits per heavy atom. The monoisotopic (exact) mass is 343 g/mol. The van der Waals surface area contributed by atoms with E-state index in [0.717, 1.165) is 15.7 Å². The SMILES string of the molecule is Cc1cccc(NCC(=O)Nc2ccc(Br)cc2)c1C#N. The lowest BCUT2D eigenvalue weighted by atomic mass is 10.1. The van der Waals surface area contributed by atoms with Gasteiger partial charge >= 0.3 is 0 Å². The van der Waals surface area contributed by atoms with Gasteiger partial charge in [-0.05, 0) is 42.8 Å². The minimum Gasteiger partial charge on any atom is -0.375 e. The van der Waals surface area contributed by atoms with Crippen LogP contribution < -0.4 is 10.6 Å². The number of halogens is 1. The number of rotatable bonds is 4. The fourth-order valence-electron chi connectivity index (χ4n) is 1.88. The third-order valence-corrected chi connectivity index (χ3v) is 3.48. The Morgan fingerprint density at radius 2 is 1.95 bits per heavy atom. The van der Waals surface area contributed by atoms with E-state index >= 15 is 0 Å². The van der Waals surface area contributed by atoms with E-state index in [-0.39, 0.29) is 12.5 Å². The largest absolute Gasteiger partial charge is 0.375 e. The lowest BCUT2D eigenvalue weighted by molar-refractivity contribution is -0.114. The third-order valence-electron chi connectivity index (χ3n) is 2.95. The van der Waals surface area contributed by atoms with Crippen LogP contribution in [0, 0.1) is 18.3 Å². The molecule has 4 nitrogen and oxygen atoms in total. The molecule has 0 aliphatic heterocycles. The summed E-state index contributed by atoms with van der Waals surface area (Å²) in [6, 6.07) is 15.0. The first kappa shape index (κ1) is 15.1. The predicted molar refractivity (Wildman–Crippen MR) is 87.2 cm³/mol. The van der Waals surface area contributed by atoms with Crippen LogP contribution >= 0.6 is 15.9 Å². The number of nitrogens with one attached hydrogen (secondary N) is 2.